The van der Waals surface area contributed by atoms with Gasteiger partial charge in [0, 0.05) is 24.6 Å². The predicted octanol–water partition coefficient (Wildman–Crippen LogP) is 2.56. The van der Waals surface area contributed by atoms with Crippen molar-refractivity contribution in [3.05, 3.63) is 34.3 Å². The summed E-state index contributed by atoms with van der Waals surface area (Å²) in [6.45, 7) is 1.20. The van der Waals surface area contributed by atoms with Crippen LogP contribution in [0.4, 0.5) is 0 Å². The fourth-order valence-corrected chi connectivity index (χ4v) is 2.00. The van der Waals surface area contributed by atoms with E-state index in [0.29, 0.717) is 18.2 Å². The number of hydrogen-bond acceptors (Lipinski definition) is 2. The highest BCUT2D eigenvalue weighted by Crippen LogP contribution is 2.29. The Morgan fingerprint density at radius 1 is 1.50 bits per heavy atom. The monoisotopic (exact) mass is 267 g/mol. The zero-order valence-electron chi connectivity index (χ0n) is 10.5. The molecule has 1 saturated carbocycles. The molecule has 1 aliphatic carbocycles. The van der Waals surface area contributed by atoms with Gasteiger partial charge < -0.3 is 10.1 Å². The molecule has 1 aromatic carbocycles. The lowest BCUT2D eigenvalue weighted by Gasteiger charge is -2.09. The molecular formula is C14H18ClNO2. The molecule has 1 N–H and O–H groups in total. The lowest BCUT2D eigenvalue weighted by Crippen LogP contribution is -2.24. The van der Waals surface area contributed by atoms with Crippen LogP contribution in [0, 0.1) is 5.92 Å². The Balaban J connectivity index is 1.94. The van der Waals surface area contributed by atoms with Crippen LogP contribution < -0.4 is 5.32 Å². The van der Waals surface area contributed by atoms with Crippen LogP contribution in [0.25, 0.3) is 0 Å². The Labute approximate surface area is 112 Å². The highest BCUT2D eigenvalue weighted by Gasteiger charge is 2.29. The van der Waals surface area contributed by atoms with Gasteiger partial charge in [-0.25, -0.2) is 0 Å². The third-order valence-corrected chi connectivity index (χ3v) is 3.47. The number of carbonyl (C=O) groups excluding carboxylic acids is 1. The lowest BCUT2D eigenvalue weighted by molar-refractivity contribution is -0.122. The van der Waals surface area contributed by atoms with Gasteiger partial charge in [-0.05, 0) is 36.5 Å². The van der Waals surface area contributed by atoms with E-state index in [1.165, 1.54) is 5.56 Å². The summed E-state index contributed by atoms with van der Waals surface area (Å²) in [4.78, 5) is 11.6. The van der Waals surface area contributed by atoms with Crippen molar-refractivity contribution in [1.82, 2.24) is 5.32 Å². The SMILES string of the molecule is COCCc1ccc(Cl)c(CNC(=O)C2CC2)c1. The van der Waals surface area contributed by atoms with Gasteiger partial charge in [0.2, 0.25) is 5.91 Å². The van der Waals surface area contributed by atoms with Crippen LogP contribution in [0.3, 0.4) is 0 Å². The zero-order chi connectivity index (χ0) is 13.0. The summed E-state index contributed by atoms with van der Waals surface area (Å²) in [6.07, 6.45) is 2.90. The first-order chi connectivity index (χ1) is 8.70. The third kappa shape index (κ3) is 3.72. The standard InChI is InChI=1S/C14H18ClNO2/c1-18-7-6-10-2-5-13(15)12(8-10)9-16-14(17)11-3-4-11/h2,5,8,11H,3-4,6-7,9H2,1H3,(H,16,17). The van der Waals surface area contributed by atoms with Gasteiger partial charge in [0.1, 0.15) is 0 Å². The van der Waals surface area contributed by atoms with E-state index < -0.39 is 0 Å². The molecule has 1 fully saturated rings. The van der Waals surface area contributed by atoms with Crippen molar-refractivity contribution in [3.8, 4) is 0 Å². The number of ether oxygens (including phenoxy) is 1. The fraction of sp³-hybridized carbons (Fsp3) is 0.500. The van der Waals surface area contributed by atoms with Crippen molar-refractivity contribution in [1.29, 1.82) is 0 Å². The number of halogens is 1. The van der Waals surface area contributed by atoms with Crippen LogP contribution in [0.1, 0.15) is 24.0 Å². The van der Waals surface area contributed by atoms with Crippen molar-refractivity contribution < 1.29 is 9.53 Å². The van der Waals surface area contributed by atoms with Gasteiger partial charge in [-0.1, -0.05) is 23.7 Å². The Morgan fingerprint density at radius 2 is 2.28 bits per heavy atom. The quantitative estimate of drug-likeness (QED) is 0.860. The summed E-state index contributed by atoms with van der Waals surface area (Å²) in [5.74, 6) is 0.383. The molecule has 0 saturated heterocycles. The van der Waals surface area contributed by atoms with Gasteiger partial charge >= 0.3 is 0 Å². The van der Waals surface area contributed by atoms with Crippen LogP contribution in [0.5, 0.6) is 0 Å². The molecule has 0 aliphatic heterocycles. The van der Waals surface area contributed by atoms with Gasteiger partial charge in [-0.15, -0.1) is 0 Å². The molecule has 4 heteroatoms. The van der Waals surface area contributed by atoms with Crippen LogP contribution in [0.15, 0.2) is 18.2 Å². The highest BCUT2D eigenvalue weighted by molar-refractivity contribution is 6.31. The summed E-state index contributed by atoms with van der Waals surface area (Å²) in [5.41, 5.74) is 2.15. The molecule has 0 spiro atoms. The normalized spacial score (nSPS) is 14.6. The van der Waals surface area contributed by atoms with Gasteiger partial charge in [-0.2, -0.15) is 0 Å². The van der Waals surface area contributed by atoms with Gasteiger partial charge in [0.05, 0.1) is 6.61 Å². The minimum absolute atomic E-state index is 0.147. The zero-order valence-corrected chi connectivity index (χ0v) is 11.3. The van der Waals surface area contributed by atoms with Gasteiger partial charge in [-0.3, -0.25) is 4.79 Å². The maximum atomic E-state index is 11.6. The highest BCUT2D eigenvalue weighted by atomic mass is 35.5. The third-order valence-electron chi connectivity index (χ3n) is 3.11. The first-order valence-corrected chi connectivity index (χ1v) is 6.62. The fourth-order valence-electron chi connectivity index (χ4n) is 1.81. The smallest absolute Gasteiger partial charge is 0.223 e. The lowest BCUT2D eigenvalue weighted by atomic mass is 10.1. The molecule has 3 nitrogen and oxygen atoms in total. The topological polar surface area (TPSA) is 38.3 Å². The van der Waals surface area contributed by atoms with E-state index in [4.69, 9.17) is 16.3 Å². The van der Waals surface area contributed by atoms with Gasteiger partial charge in [0.25, 0.3) is 0 Å². The first kappa shape index (κ1) is 13.4. The molecule has 1 aliphatic rings. The summed E-state index contributed by atoms with van der Waals surface area (Å²) in [5, 5.41) is 3.63. The Bertz CT molecular complexity index is 430. The summed E-state index contributed by atoms with van der Waals surface area (Å²) >= 11 is 6.13. The number of methoxy groups -OCH3 is 1. The molecule has 1 aromatic rings. The minimum Gasteiger partial charge on any atom is -0.384 e. The molecule has 0 unspecified atom stereocenters. The van der Waals surface area contributed by atoms with E-state index in [2.05, 4.69) is 5.32 Å². The molecule has 0 heterocycles. The number of nitrogens with one attached hydrogen (secondary N) is 1. The average molecular weight is 268 g/mol. The Hall–Kier alpha value is -1.06. The molecular weight excluding hydrogens is 250 g/mol. The largest absolute Gasteiger partial charge is 0.384 e. The van der Waals surface area contributed by atoms with Crippen LogP contribution in [0.2, 0.25) is 5.02 Å². The summed E-state index contributed by atoms with van der Waals surface area (Å²) in [6, 6.07) is 5.91. The maximum Gasteiger partial charge on any atom is 0.223 e. The van der Waals surface area contributed by atoms with E-state index in [9.17, 15) is 4.79 Å². The molecule has 0 atom stereocenters. The van der Waals surface area contributed by atoms with E-state index in [1.807, 2.05) is 18.2 Å². The second-order valence-corrected chi connectivity index (χ2v) is 5.07. The average Bonchev–Trinajstić information content (AvgIpc) is 3.20. The van der Waals surface area contributed by atoms with E-state index in [1.54, 1.807) is 7.11 Å². The molecule has 1 amide bonds. The Morgan fingerprint density at radius 3 is 2.94 bits per heavy atom. The number of amides is 1. The van der Waals surface area contributed by atoms with Crippen LogP contribution in [-0.4, -0.2) is 19.6 Å². The second kappa shape index (κ2) is 6.21. The summed E-state index contributed by atoms with van der Waals surface area (Å²) in [7, 11) is 1.69. The molecule has 0 aromatic heterocycles. The van der Waals surface area contributed by atoms with Gasteiger partial charge in [0.15, 0.2) is 0 Å². The predicted molar refractivity (Wildman–Crippen MR) is 71.6 cm³/mol. The molecule has 0 radical (unpaired) electrons. The number of benzene rings is 1. The molecule has 0 bridgehead atoms. The molecule has 98 valence electrons. The molecule has 2 rings (SSSR count). The Kier molecular flexibility index (Phi) is 4.61. The van der Waals surface area contributed by atoms with Crippen molar-refractivity contribution in [2.24, 2.45) is 5.92 Å². The molecule has 18 heavy (non-hydrogen) atoms. The minimum atomic E-state index is 0.147. The van der Waals surface area contributed by atoms with Crippen LogP contribution >= 0.6 is 11.6 Å². The van der Waals surface area contributed by atoms with E-state index in [-0.39, 0.29) is 11.8 Å². The van der Waals surface area contributed by atoms with E-state index in [0.717, 1.165) is 24.8 Å². The van der Waals surface area contributed by atoms with Crippen LogP contribution in [-0.2, 0) is 22.5 Å². The summed E-state index contributed by atoms with van der Waals surface area (Å²) < 4.78 is 5.05. The number of hydrogen-bond donors (Lipinski definition) is 1. The van der Waals surface area contributed by atoms with Crippen molar-refractivity contribution in [2.45, 2.75) is 25.8 Å². The van der Waals surface area contributed by atoms with Crippen molar-refractivity contribution in [3.63, 3.8) is 0 Å². The van der Waals surface area contributed by atoms with E-state index >= 15 is 0 Å². The maximum absolute atomic E-state index is 11.6. The first-order valence-electron chi connectivity index (χ1n) is 6.24. The number of carbonyl (C=O) groups is 1. The van der Waals surface area contributed by atoms with Crippen molar-refractivity contribution >= 4 is 17.5 Å². The number of rotatable bonds is 6. The van der Waals surface area contributed by atoms with Crippen molar-refractivity contribution in [2.75, 3.05) is 13.7 Å². The second-order valence-electron chi connectivity index (χ2n) is 4.66.